The van der Waals surface area contributed by atoms with E-state index in [0.29, 0.717) is 60.2 Å². The number of oxime groups is 1. The Hall–Kier alpha value is -4.91. The zero-order chi connectivity index (χ0) is 43.8. The molecule has 0 bridgehead atoms. The number of hydrogen-bond donors (Lipinski definition) is 2. The molecule has 2 N–H and O–H groups in total. The topological polar surface area (TPSA) is 129 Å². The normalized spacial score (nSPS) is 25.2. The highest BCUT2D eigenvalue weighted by Gasteiger charge is 2.65. The molecule has 0 spiro atoms. The highest BCUT2D eigenvalue weighted by atomic mass is 19.1. The predicted octanol–water partition coefficient (Wildman–Crippen LogP) is 9.40. The second kappa shape index (κ2) is 20.7. The van der Waals surface area contributed by atoms with Crippen molar-refractivity contribution in [3.05, 3.63) is 107 Å². The fourth-order valence-corrected chi connectivity index (χ4v) is 11.0. The lowest BCUT2D eigenvalue weighted by molar-refractivity contribution is -0.258. The number of benzene rings is 3. The van der Waals surface area contributed by atoms with Gasteiger partial charge in [-0.3, -0.25) is 4.79 Å². The van der Waals surface area contributed by atoms with Crippen LogP contribution in [0.3, 0.4) is 0 Å². The van der Waals surface area contributed by atoms with Gasteiger partial charge in [0.2, 0.25) is 18.5 Å². The molecule has 0 saturated heterocycles. The molecule has 63 heavy (non-hydrogen) atoms. The van der Waals surface area contributed by atoms with Crippen LogP contribution in [0.2, 0.25) is 0 Å². The van der Waals surface area contributed by atoms with Gasteiger partial charge in [-0.2, -0.15) is 0 Å². The van der Waals surface area contributed by atoms with Crippen molar-refractivity contribution in [2.24, 2.45) is 28.8 Å². The maximum Gasteiger partial charge on any atom is 0.239 e. The molecule has 3 aromatic rings. The minimum atomic E-state index is -1.40. The summed E-state index contributed by atoms with van der Waals surface area (Å²) in [5.41, 5.74) is 3.96. The number of allylic oxidation sites excluding steroid dienone is 1. The Bertz CT molecular complexity index is 2120. The zero-order valence-corrected chi connectivity index (χ0v) is 36.6. The summed E-state index contributed by atoms with van der Waals surface area (Å²) in [6.07, 6.45) is 14.8. The van der Waals surface area contributed by atoms with Crippen molar-refractivity contribution in [3.8, 4) is 23.0 Å². The third-order valence-electron chi connectivity index (χ3n) is 13.9. The molecule has 5 aliphatic rings. The number of hydrogen-bond acceptors (Lipinski definition) is 10. The summed E-state index contributed by atoms with van der Waals surface area (Å²) in [6, 6.07) is 17.6. The molecule has 2 fully saturated rings. The molecule has 1 amide bonds. The van der Waals surface area contributed by atoms with Crippen LogP contribution in [0.15, 0.2) is 90.1 Å². The first kappa shape index (κ1) is 44.7. The molecule has 2 heterocycles. The zero-order valence-electron chi connectivity index (χ0n) is 36.6. The number of ether oxygens (including phenoxy) is 5. The number of aliphatic hydroxyl groups excluding tert-OH is 2. The van der Waals surface area contributed by atoms with Crippen molar-refractivity contribution in [2.75, 3.05) is 33.7 Å². The Morgan fingerprint density at radius 3 is 2.52 bits per heavy atom. The van der Waals surface area contributed by atoms with Crippen LogP contribution < -0.4 is 18.9 Å². The van der Waals surface area contributed by atoms with Gasteiger partial charge in [-0.25, -0.2) is 4.39 Å². The molecular formula is C51H63FN2O9. The second-order valence-electron chi connectivity index (χ2n) is 17.7. The summed E-state index contributed by atoms with van der Waals surface area (Å²) in [4.78, 5) is 22.8. The molecule has 338 valence electrons. The lowest BCUT2D eigenvalue weighted by Gasteiger charge is -2.60. The summed E-state index contributed by atoms with van der Waals surface area (Å²) >= 11 is 0. The first-order valence-corrected chi connectivity index (χ1v) is 23.0. The minimum absolute atomic E-state index is 0.00960. The van der Waals surface area contributed by atoms with Gasteiger partial charge < -0.3 is 43.6 Å². The number of unbranched alkanes of at least 4 members (excludes halogenated alkanes) is 2. The van der Waals surface area contributed by atoms with E-state index in [1.165, 1.54) is 18.9 Å². The van der Waals surface area contributed by atoms with Crippen molar-refractivity contribution in [1.29, 1.82) is 0 Å². The van der Waals surface area contributed by atoms with Crippen molar-refractivity contribution < 1.29 is 47.9 Å². The van der Waals surface area contributed by atoms with E-state index in [-0.39, 0.29) is 69.2 Å². The summed E-state index contributed by atoms with van der Waals surface area (Å²) in [5, 5.41) is 24.6. The quantitative estimate of drug-likeness (QED) is 0.0612. The average molecular weight is 867 g/mol. The number of nitrogens with zero attached hydrogens (tertiary/aromatic N) is 2. The summed E-state index contributed by atoms with van der Waals surface area (Å²) < 4.78 is 47.2. The van der Waals surface area contributed by atoms with Gasteiger partial charge in [0, 0.05) is 49.6 Å². The molecule has 2 aliphatic heterocycles. The van der Waals surface area contributed by atoms with E-state index in [4.69, 9.17) is 33.7 Å². The molecule has 0 radical (unpaired) electrons. The number of carbonyl (C=O) groups excluding carboxylic acids is 1. The van der Waals surface area contributed by atoms with Crippen molar-refractivity contribution >= 4 is 11.6 Å². The Kier molecular flexibility index (Phi) is 14.7. The first-order valence-electron chi connectivity index (χ1n) is 23.0. The largest absolute Gasteiger partial charge is 0.489 e. The van der Waals surface area contributed by atoms with Gasteiger partial charge in [-0.1, -0.05) is 80.1 Å². The van der Waals surface area contributed by atoms with Gasteiger partial charge in [0.1, 0.15) is 37.1 Å². The van der Waals surface area contributed by atoms with Crippen molar-refractivity contribution in [3.63, 3.8) is 0 Å². The third-order valence-corrected chi connectivity index (χ3v) is 13.9. The molecule has 3 aliphatic carbocycles. The molecule has 0 aromatic heterocycles. The molecule has 6 atom stereocenters. The average Bonchev–Trinajstić information content (AvgIpc) is 4.01. The maximum absolute atomic E-state index is 15.1. The van der Waals surface area contributed by atoms with Gasteiger partial charge in [0.15, 0.2) is 11.5 Å². The summed E-state index contributed by atoms with van der Waals surface area (Å²) in [5.74, 6) is 0.733. The van der Waals surface area contributed by atoms with E-state index in [9.17, 15) is 14.6 Å². The van der Waals surface area contributed by atoms with E-state index in [1.54, 1.807) is 31.4 Å². The number of fused-ring (bicyclic) bond motifs is 3. The summed E-state index contributed by atoms with van der Waals surface area (Å²) in [6.45, 7) is 4.88. The van der Waals surface area contributed by atoms with Crippen LogP contribution in [0.25, 0.3) is 0 Å². The third kappa shape index (κ3) is 9.64. The number of halogens is 1. The Morgan fingerprint density at radius 1 is 0.968 bits per heavy atom. The fourth-order valence-electron chi connectivity index (χ4n) is 11.0. The number of aliphatic hydroxyl groups is 2. The molecule has 8 rings (SSSR count). The monoisotopic (exact) mass is 866 g/mol. The Balaban J connectivity index is 1.28. The van der Waals surface area contributed by atoms with Crippen LogP contribution >= 0.6 is 0 Å². The van der Waals surface area contributed by atoms with E-state index in [2.05, 4.69) is 12.7 Å². The van der Waals surface area contributed by atoms with E-state index in [1.807, 2.05) is 41.3 Å². The first-order chi connectivity index (χ1) is 30.9. The van der Waals surface area contributed by atoms with E-state index in [0.717, 1.165) is 67.4 Å². The molecule has 11 nitrogen and oxygen atoms in total. The van der Waals surface area contributed by atoms with Crippen LogP contribution in [-0.2, 0) is 27.5 Å². The Labute approximate surface area is 370 Å². The molecule has 3 aromatic carbocycles. The van der Waals surface area contributed by atoms with Crippen LogP contribution in [0.5, 0.6) is 23.0 Å². The van der Waals surface area contributed by atoms with Crippen LogP contribution in [0.1, 0.15) is 106 Å². The van der Waals surface area contributed by atoms with E-state index >= 15 is 4.79 Å². The number of amides is 1. The molecule has 2 saturated carbocycles. The summed E-state index contributed by atoms with van der Waals surface area (Å²) in [7, 11) is 1.55. The van der Waals surface area contributed by atoms with Gasteiger partial charge in [-0.15, -0.1) is 6.58 Å². The minimum Gasteiger partial charge on any atom is -0.489 e. The molecule has 6 unspecified atom stereocenters. The highest BCUT2D eigenvalue weighted by molar-refractivity contribution is 6.03. The van der Waals surface area contributed by atoms with E-state index < -0.39 is 17.7 Å². The van der Waals surface area contributed by atoms with Crippen LogP contribution in [0.4, 0.5) is 4.39 Å². The fraction of sp³-hybridized carbons (Fsp3) is 0.529. The lowest BCUT2D eigenvalue weighted by atomic mass is 9.55. The van der Waals surface area contributed by atoms with Crippen LogP contribution in [0, 0.1) is 29.5 Å². The predicted molar refractivity (Wildman–Crippen MR) is 237 cm³/mol. The second-order valence-corrected chi connectivity index (χ2v) is 17.7. The smallest absolute Gasteiger partial charge is 0.239 e. The van der Waals surface area contributed by atoms with Crippen molar-refractivity contribution in [2.45, 2.75) is 114 Å². The maximum atomic E-state index is 15.1. The van der Waals surface area contributed by atoms with Gasteiger partial charge in [0.25, 0.3) is 0 Å². The highest BCUT2D eigenvalue weighted by Crippen LogP contribution is 2.62. The van der Waals surface area contributed by atoms with Crippen molar-refractivity contribution in [1.82, 2.24) is 4.90 Å². The standard InChI is InChI=1S/C51H63FN2O9/c1-3-26-62-51-47(54(48(57)23-19-34-12-4-5-13-34)31-35-18-21-45-46(27-35)61-33-60-45)30-43(53-58-2)40-28-36(14-8-10-24-55)39(16-9-11-25-56)49(50(40)51)41-29-38(20-22-44(41)63-51)59-32-37-15-6-7-17-42(37)52/h3,6-7,15,17-18,20-22,27-29,34,36,39,47,49-50,55-56H,1,4-5,8-14,16,19,23-26,30-33H2,2H3. The van der Waals surface area contributed by atoms with Crippen LogP contribution in [-0.4, -0.2) is 72.3 Å². The SMILES string of the molecule is C=CCOC12Oc3ccc(OCc4ccccc4F)cc3C3C(CCCCO)C(CCCCO)C=C(C(=NOC)CC1N(Cc1ccc4c(c1)OCO4)C(=O)CCC1CCCC1)C32. The number of carbonyl (C=O) groups is 1. The van der Waals surface area contributed by atoms with Gasteiger partial charge >= 0.3 is 0 Å². The number of rotatable bonds is 21. The lowest BCUT2D eigenvalue weighted by Crippen LogP contribution is -2.70. The van der Waals surface area contributed by atoms with Gasteiger partial charge in [-0.05, 0) is 97.4 Å². The molecule has 12 heteroatoms. The Morgan fingerprint density at radius 2 is 1.75 bits per heavy atom. The van der Waals surface area contributed by atoms with Gasteiger partial charge in [0.05, 0.1) is 18.2 Å². The molecular weight excluding hydrogens is 804 g/mol.